The number of rotatable bonds is 10. The number of nitrogens with zero attached hydrogens (tertiary/aromatic N) is 1. The minimum absolute atomic E-state index is 0.0843. The van der Waals surface area contributed by atoms with Gasteiger partial charge in [0.25, 0.3) is 10.0 Å². The molecule has 11 heteroatoms. The van der Waals surface area contributed by atoms with Crippen LogP contribution in [0.15, 0.2) is 102 Å². The number of alkyl halides is 3. The first-order chi connectivity index (χ1) is 20.9. The molecule has 0 saturated heterocycles. The number of carbonyl (C=O) groups is 2. The molecule has 1 amide bonds. The molecule has 0 aliphatic carbocycles. The van der Waals surface area contributed by atoms with Crippen molar-refractivity contribution < 1.29 is 36.3 Å². The summed E-state index contributed by atoms with van der Waals surface area (Å²) >= 11 is 0. The van der Waals surface area contributed by atoms with E-state index in [0.29, 0.717) is 35.2 Å². The quantitative estimate of drug-likeness (QED) is 0.219. The Kier molecular flexibility index (Phi) is 8.78. The van der Waals surface area contributed by atoms with Gasteiger partial charge in [0.15, 0.2) is 0 Å². The van der Waals surface area contributed by atoms with Crippen LogP contribution in [-0.2, 0) is 45.2 Å². The number of carboxylic acids is 1. The molecule has 0 spiro atoms. The van der Waals surface area contributed by atoms with Gasteiger partial charge in [-0.15, -0.1) is 0 Å². The Morgan fingerprint density at radius 3 is 2.23 bits per heavy atom. The molecule has 5 rings (SSSR count). The summed E-state index contributed by atoms with van der Waals surface area (Å²) < 4.78 is 68.6. The van der Waals surface area contributed by atoms with Crippen molar-refractivity contribution in [3.05, 3.63) is 119 Å². The Balaban J connectivity index is 1.33. The third-order valence-electron chi connectivity index (χ3n) is 7.51. The fourth-order valence-electron chi connectivity index (χ4n) is 5.24. The number of para-hydroxylation sites is 1. The number of aryl methyl sites for hydroxylation is 1. The molecule has 4 aromatic rings. The second kappa shape index (κ2) is 12.5. The van der Waals surface area contributed by atoms with Gasteiger partial charge in [-0.1, -0.05) is 66.7 Å². The van der Waals surface area contributed by atoms with E-state index in [4.69, 9.17) is 5.11 Å². The van der Waals surface area contributed by atoms with Crippen molar-refractivity contribution in [2.75, 3.05) is 4.31 Å². The zero-order chi connectivity index (χ0) is 31.5. The van der Waals surface area contributed by atoms with Gasteiger partial charge in [-0.25, -0.2) is 8.42 Å². The molecule has 7 nitrogen and oxygen atoms in total. The lowest BCUT2D eigenvalue weighted by Gasteiger charge is -2.26. The second-order valence-electron chi connectivity index (χ2n) is 10.5. The van der Waals surface area contributed by atoms with E-state index in [-0.39, 0.29) is 24.3 Å². The Morgan fingerprint density at radius 1 is 0.864 bits per heavy atom. The van der Waals surface area contributed by atoms with Gasteiger partial charge in [0.1, 0.15) is 6.04 Å². The first-order valence-electron chi connectivity index (χ1n) is 13.9. The molecule has 0 bridgehead atoms. The molecule has 1 aliphatic rings. The number of carboxylic acid groups (broad SMARTS) is 1. The molecule has 1 atom stereocenters. The van der Waals surface area contributed by atoms with Gasteiger partial charge in [-0.05, 0) is 71.0 Å². The largest absolute Gasteiger partial charge is 0.481 e. The van der Waals surface area contributed by atoms with Crippen LogP contribution in [-0.4, -0.2) is 31.4 Å². The lowest BCUT2D eigenvalue weighted by atomic mass is 10.0. The van der Waals surface area contributed by atoms with Crippen molar-refractivity contribution >= 4 is 27.6 Å². The topological polar surface area (TPSA) is 104 Å². The highest BCUT2D eigenvalue weighted by molar-refractivity contribution is 7.93. The summed E-state index contributed by atoms with van der Waals surface area (Å²) in [6.45, 7) is 0.167. The van der Waals surface area contributed by atoms with Crippen LogP contribution in [0.1, 0.15) is 35.1 Å². The first kappa shape index (κ1) is 30.8. The zero-order valence-electron chi connectivity index (χ0n) is 23.4. The maximum atomic E-state index is 13.9. The van der Waals surface area contributed by atoms with Crippen LogP contribution in [0, 0.1) is 0 Å². The van der Waals surface area contributed by atoms with Crippen LogP contribution >= 0.6 is 0 Å². The van der Waals surface area contributed by atoms with Crippen LogP contribution in [0.3, 0.4) is 0 Å². The number of carbonyl (C=O) groups excluding carboxylic acids is 1. The number of hydrogen-bond donors (Lipinski definition) is 2. The summed E-state index contributed by atoms with van der Waals surface area (Å²) in [4.78, 5) is 24.1. The number of sulfonamides is 1. The van der Waals surface area contributed by atoms with Crippen molar-refractivity contribution in [3.8, 4) is 11.1 Å². The van der Waals surface area contributed by atoms with E-state index in [0.717, 1.165) is 27.6 Å². The number of aliphatic carboxylic acids is 1. The zero-order valence-corrected chi connectivity index (χ0v) is 24.2. The summed E-state index contributed by atoms with van der Waals surface area (Å²) in [6, 6.07) is 23.6. The van der Waals surface area contributed by atoms with Gasteiger partial charge < -0.3 is 10.4 Å². The molecule has 44 heavy (non-hydrogen) atoms. The summed E-state index contributed by atoms with van der Waals surface area (Å²) in [5, 5.41) is 11.7. The molecule has 1 heterocycles. The highest BCUT2D eigenvalue weighted by atomic mass is 32.2. The number of hydrogen-bond acceptors (Lipinski definition) is 4. The number of halogens is 3. The van der Waals surface area contributed by atoms with Crippen molar-refractivity contribution in [1.29, 1.82) is 0 Å². The standard InChI is InChI=1S/C33H29F3N2O5S/c34-33(35,36)27-8-4-7-25(19-27)24-15-17-28(18-16-24)44(42,43)38-29-9-2-1-6-26(29)20-30(38)32(41)37-21-23-13-11-22(12-14-23)5-3-10-31(39)40/h1-2,4,6-9,11-19,30H,3,5,10,20-21H2,(H,37,41)(H,39,40)/t30-/m0/s1. The van der Waals surface area contributed by atoms with Gasteiger partial charge in [-0.2, -0.15) is 13.2 Å². The lowest BCUT2D eigenvalue weighted by molar-refractivity contribution is -0.138. The summed E-state index contributed by atoms with van der Waals surface area (Å²) in [5.74, 6) is -1.32. The van der Waals surface area contributed by atoms with Crippen molar-refractivity contribution in [3.63, 3.8) is 0 Å². The monoisotopic (exact) mass is 622 g/mol. The molecule has 1 aliphatic heterocycles. The van der Waals surface area contributed by atoms with E-state index in [2.05, 4.69) is 5.32 Å². The Labute approximate surface area is 253 Å². The fraction of sp³-hybridized carbons (Fsp3) is 0.212. The molecule has 2 N–H and O–H groups in total. The molecule has 0 aromatic heterocycles. The van der Waals surface area contributed by atoms with E-state index >= 15 is 0 Å². The Hall–Kier alpha value is -4.64. The normalized spacial score (nSPS) is 14.7. The SMILES string of the molecule is O=C(O)CCCc1ccc(CNC(=O)[C@@H]2Cc3ccccc3N2S(=O)(=O)c2ccc(-c3cccc(C(F)(F)F)c3)cc2)cc1. The van der Waals surface area contributed by atoms with Gasteiger partial charge in [0.05, 0.1) is 16.1 Å². The highest BCUT2D eigenvalue weighted by Crippen LogP contribution is 2.38. The summed E-state index contributed by atoms with van der Waals surface area (Å²) in [7, 11) is -4.23. The van der Waals surface area contributed by atoms with Crippen LogP contribution in [0.25, 0.3) is 11.1 Å². The molecule has 0 radical (unpaired) electrons. The average molecular weight is 623 g/mol. The van der Waals surface area contributed by atoms with Crippen LogP contribution in [0.4, 0.5) is 18.9 Å². The average Bonchev–Trinajstić information content (AvgIpc) is 3.41. The number of anilines is 1. The fourth-order valence-corrected chi connectivity index (χ4v) is 6.89. The van der Waals surface area contributed by atoms with Crippen LogP contribution in [0.2, 0.25) is 0 Å². The predicted octanol–water partition coefficient (Wildman–Crippen LogP) is 6.22. The third kappa shape index (κ3) is 6.78. The molecular formula is C33H29F3N2O5S. The predicted molar refractivity (Wildman–Crippen MR) is 159 cm³/mol. The van der Waals surface area contributed by atoms with Gasteiger partial charge in [-0.3, -0.25) is 13.9 Å². The van der Waals surface area contributed by atoms with Crippen LogP contribution < -0.4 is 9.62 Å². The summed E-state index contributed by atoms with van der Waals surface area (Å²) in [5.41, 5.74) is 2.77. The lowest BCUT2D eigenvalue weighted by Crippen LogP contribution is -2.47. The van der Waals surface area contributed by atoms with E-state index in [1.165, 1.54) is 36.4 Å². The van der Waals surface area contributed by atoms with Gasteiger partial charge in [0, 0.05) is 19.4 Å². The molecule has 0 fully saturated rings. The molecule has 4 aromatic carbocycles. The Morgan fingerprint density at radius 2 is 1.55 bits per heavy atom. The van der Waals surface area contributed by atoms with Crippen molar-refractivity contribution in [2.24, 2.45) is 0 Å². The van der Waals surface area contributed by atoms with Crippen molar-refractivity contribution in [1.82, 2.24) is 5.32 Å². The van der Waals surface area contributed by atoms with E-state index < -0.39 is 39.7 Å². The number of nitrogens with one attached hydrogen (secondary N) is 1. The second-order valence-corrected chi connectivity index (χ2v) is 12.3. The molecule has 0 unspecified atom stereocenters. The van der Waals surface area contributed by atoms with Crippen molar-refractivity contribution in [2.45, 2.75) is 49.3 Å². The summed E-state index contributed by atoms with van der Waals surface area (Å²) in [6.07, 6.45) is -3.11. The number of fused-ring (bicyclic) bond motifs is 1. The Bertz CT molecular complexity index is 1770. The maximum absolute atomic E-state index is 13.9. The van der Waals surface area contributed by atoms with Crippen LogP contribution in [0.5, 0.6) is 0 Å². The minimum atomic E-state index is -4.51. The molecule has 0 saturated carbocycles. The van der Waals surface area contributed by atoms with E-state index in [1.807, 2.05) is 24.3 Å². The molecular weight excluding hydrogens is 593 g/mol. The number of amides is 1. The van der Waals surface area contributed by atoms with E-state index in [1.54, 1.807) is 24.3 Å². The maximum Gasteiger partial charge on any atom is 0.416 e. The third-order valence-corrected chi connectivity index (χ3v) is 9.35. The highest BCUT2D eigenvalue weighted by Gasteiger charge is 2.42. The number of benzene rings is 4. The van der Waals surface area contributed by atoms with Gasteiger partial charge in [0.2, 0.25) is 5.91 Å². The van der Waals surface area contributed by atoms with E-state index in [9.17, 15) is 31.2 Å². The minimum Gasteiger partial charge on any atom is -0.481 e. The smallest absolute Gasteiger partial charge is 0.416 e. The van der Waals surface area contributed by atoms with Gasteiger partial charge >= 0.3 is 12.1 Å². The molecule has 228 valence electrons. The first-order valence-corrected chi connectivity index (χ1v) is 15.3.